The van der Waals surface area contributed by atoms with Gasteiger partial charge in [0.2, 0.25) is 0 Å². The van der Waals surface area contributed by atoms with Crippen molar-refractivity contribution in [3.05, 3.63) is 94.8 Å². The molecule has 0 aliphatic rings. The van der Waals surface area contributed by atoms with E-state index in [1.54, 1.807) is 54.9 Å². The summed E-state index contributed by atoms with van der Waals surface area (Å²) in [5, 5.41) is 8.27. The zero-order valence-corrected chi connectivity index (χ0v) is 19.4. The summed E-state index contributed by atoms with van der Waals surface area (Å²) >= 11 is 0. The molecule has 4 aromatic rings. The molecule has 0 aliphatic carbocycles. The predicted molar refractivity (Wildman–Crippen MR) is 123 cm³/mol. The number of hydrogen-bond acceptors (Lipinski definition) is 5. The number of pyridine rings is 1. The fraction of sp³-hybridized carbons (Fsp3) is 0.200. The molecule has 3 aromatic heterocycles. The zero-order chi connectivity index (χ0) is 24.5. The lowest BCUT2D eigenvalue weighted by atomic mass is 10.1. The maximum absolute atomic E-state index is 13.9. The van der Waals surface area contributed by atoms with Gasteiger partial charge >= 0.3 is 5.97 Å². The van der Waals surface area contributed by atoms with Gasteiger partial charge in [-0.2, -0.15) is 5.26 Å². The van der Waals surface area contributed by atoms with E-state index in [4.69, 9.17) is 4.74 Å². The van der Waals surface area contributed by atoms with Gasteiger partial charge in [-0.25, -0.2) is 12.8 Å². The Morgan fingerprint density at radius 3 is 2.56 bits per heavy atom. The number of nitriles is 1. The molecule has 9 heteroatoms. The normalized spacial score (nSPS) is 12.4. The number of aromatic amines is 1. The first-order valence-corrected chi connectivity index (χ1v) is 12.1. The molecule has 3 heterocycles. The molecule has 7 nitrogen and oxygen atoms in total. The van der Waals surface area contributed by atoms with Crippen LogP contribution >= 0.6 is 0 Å². The Morgan fingerprint density at radius 2 is 1.94 bits per heavy atom. The second kappa shape index (κ2) is 9.15. The van der Waals surface area contributed by atoms with Gasteiger partial charge in [0.15, 0.2) is 9.84 Å². The van der Waals surface area contributed by atoms with Crippen LogP contribution in [0.3, 0.4) is 0 Å². The number of nitrogens with zero attached hydrogens (tertiary/aromatic N) is 2. The van der Waals surface area contributed by atoms with Crippen molar-refractivity contribution in [3.8, 4) is 6.07 Å². The second-order valence-electron chi connectivity index (χ2n) is 7.76. The fourth-order valence-corrected chi connectivity index (χ4v) is 6.02. The van der Waals surface area contributed by atoms with Crippen LogP contribution in [0.25, 0.3) is 5.52 Å². The monoisotopic (exact) mass is 479 g/mol. The molecule has 0 bridgehead atoms. The van der Waals surface area contributed by atoms with E-state index in [0.717, 1.165) is 12.1 Å². The summed E-state index contributed by atoms with van der Waals surface area (Å²) in [5.41, 5.74) is 2.92. The van der Waals surface area contributed by atoms with Crippen LogP contribution in [0, 0.1) is 24.1 Å². The van der Waals surface area contributed by atoms with E-state index in [1.807, 2.05) is 0 Å². The topological polar surface area (TPSA) is 104 Å². The molecule has 0 aliphatic heterocycles. The van der Waals surface area contributed by atoms with Crippen LogP contribution in [-0.4, -0.2) is 30.4 Å². The number of hydrogen-bond donors (Lipinski definition) is 1. The minimum atomic E-state index is -4.07. The predicted octanol–water partition coefficient (Wildman–Crippen LogP) is 4.26. The number of H-pyrrole nitrogens is 1. The highest BCUT2D eigenvalue weighted by Gasteiger charge is 2.36. The average Bonchev–Trinajstić information content (AvgIpc) is 3.42. The summed E-state index contributed by atoms with van der Waals surface area (Å²) in [6.45, 7) is 3.68. The van der Waals surface area contributed by atoms with Crippen LogP contribution in [0.4, 0.5) is 4.39 Å². The van der Waals surface area contributed by atoms with Crippen molar-refractivity contribution < 1.29 is 22.3 Å². The van der Waals surface area contributed by atoms with E-state index in [1.165, 1.54) is 12.1 Å². The molecule has 34 heavy (non-hydrogen) atoms. The Balaban J connectivity index is 2.03. The van der Waals surface area contributed by atoms with Crippen LogP contribution in [0.15, 0.2) is 65.8 Å². The van der Waals surface area contributed by atoms with Gasteiger partial charge in [0.05, 0.1) is 29.2 Å². The fourth-order valence-electron chi connectivity index (χ4n) is 4.17. The van der Waals surface area contributed by atoms with E-state index in [-0.39, 0.29) is 17.9 Å². The van der Waals surface area contributed by atoms with E-state index in [9.17, 15) is 22.9 Å². The first kappa shape index (κ1) is 23.3. The van der Waals surface area contributed by atoms with E-state index < -0.39 is 26.9 Å². The van der Waals surface area contributed by atoms with Crippen molar-refractivity contribution in [1.29, 1.82) is 5.26 Å². The van der Waals surface area contributed by atoms with E-state index >= 15 is 0 Å². The lowest BCUT2D eigenvalue weighted by Gasteiger charge is -2.19. The van der Waals surface area contributed by atoms with Gasteiger partial charge in [-0.3, -0.25) is 4.79 Å². The summed E-state index contributed by atoms with van der Waals surface area (Å²) in [7, 11) is -4.07. The van der Waals surface area contributed by atoms with Gasteiger partial charge in [-0.05, 0) is 73.5 Å². The third-order valence-corrected chi connectivity index (χ3v) is 7.74. The van der Waals surface area contributed by atoms with E-state index in [0.29, 0.717) is 33.6 Å². The van der Waals surface area contributed by atoms with Crippen LogP contribution in [-0.2, 0) is 25.8 Å². The first-order valence-electron chi connectivity index (χ1n) is 10.6. The Kier molecular flexibility index (Phi) is 6.26. The minimum Gasteiger partial charge on any atom is -0.466 e. The molecule has 0 saturated heterocycles. The second-order valence-corrected chi connectivity index (χ2v) is 9.79. The van der Waals surface area contributed by atoms with Gasteiger partial charge in [0.25, 0.3) is 0 Å². The number of rotatable bonds is 7. The van der Waals surface area contributed by atoms with Gasteiger partial charge in [0.1, 0.15) is 17.1 Å². The largest absolute Gasteiger partial charge is 0.466 e. The molecule has 4 rings (SSSR count). The average molecular weight is 480 g/mol. The first-order chi connectivity index (χ1) is 16.3. The molecule has 1 atom stereocenters. The molecule has 0 radical (unpaired) electrons. The molecule has 0 fully saturated rings. The highest BCUT2D eigenvalue weighted by Crippen LogP contribution is 2.39. The maximum atomic E-state index is 13.9. The Labute approximate surface area is 196 Å². The number of nitrogens with one attached hydrogen (secondary N) is 1. The minimum absolute atomic E-state index is 0.0498. The molecule has 1 unspecified atom stereocenters. The molecule has 0 amide bonds. The molecule has 1 aromatic carbocycles. The zero-order valence-electron chi connectivity index (χ0n) is 18.6. The number of carbonyl (C=O) groups is 1. The lowest BCUT2D eigenvalue weighted by Crippen LogP contribution is -2.18. The number of ether oxygens (including phenoxy) is 1. The van der Waals surface area contributed by atoms with Gasteiger partial charge < -0.3 is 14.1 Å². The third kappa shape index (κ3) is 4.08. The number of benzene rings is 1. The lowest BCUT2D eigenvalue weighted by molar-refractivity contribution is -0.142. The van der Waals surface area contributed by atoms with Gasteiger partial charge in [0, 0.05) is 23.6 Å². The Bertz CT molecular complexity index is 1500. The smallest absolute Gasteiger partial charge is 0.310 e. The van der Waals surface area contributed by atoms with Crippen LogP contribution < -0.4 is 0 Å². The van der Waals surface area contributed by atoms with Crippen molar-refractivity contribution in [2.45, 2.75) is 30.4 Å². The van der Waals surface area contributed by atoms with Crippen LogP contribution in [0.2, 0.25) is 0 Å². The number of fused-ring (bicyclic) bond motifs is 1. The Morgan fingerprint density at radius 1 is 1.21 bits per heavy atom. The molecule has 1 N–H and O–H groups in total. The summed E-state index contributed by atoms with van der Waals surface area (Å²) in [6.07, 6.45) is 3.12. The summed E-state index contributed by atoms with van der Waals surface area (Å²) < 4.78 is 48.1. The van der Waals surface area contributed by atoms with E-state index in [2.05, 4.69) is 11.1 Å². The summed E-state index contributed by atoms with van der Waals surface area (Å²) in [4.78, 5) is 15.3. The molecular formula is C25H22FN3O4S. The van der Waals surface area contributed by atoms with Crippen molar-refractivity contribution >= 4 is 21.3 Å². The van der Waals surface area contributed by atoms with Crippen molar-refractivity contribution in [2.75, 3.05) is 6.61 Å². The molecular weight excluding hydrogens is 457 g/mol. The number of carbonyl (C=O) groups excluding carboxylic acids is 1. The van der Waals surface area contributed by atoms with Gasteiger partial charge in [-0.1, -0.05) is 0 Å². The maximum Gasteiger partial charge on any atom is 0.310 e. The van der Waals surface area contributed by atoms with Crippen LogP contribution in [0.5, 0.6) is 0 Å². The quantitative estimate of drug-likeness (QED) is 0.315. The SMILES string of the molecule is CCOC(=O)Cc1c(C)c(C(c2ccc[nH]2)S(=O)(=O)c2ccc(F)cc2)n2cc(C#N)ccc12. The summed E-state index contributed by atoms with van der Waals surface area (Å²) in [6, 6.07) is 13.4. The van der Waals surface area contributed by atoms with Crippen molar-refractivity contribution in [1.82, 2.24) is 9.38 Å². The third-order valence-electron chi connectivity index (χ3n) is 5.71. The standard InChI is InChI=1S/C25H22FN3O4S/c1-3-33-23(30)13-20-16(2)24(29-15-17(14-27)6-11-22(20)29)25(21-5-4-12-28-21)34(31,32)19-9-7-18(26)8-10-19/h4-12,15,25,28H,3,13H2,1-2H3. The number of aromatic nitrogens is 2. The van der Waals surface area contributed by atoms with Crippen molar-refractivity contribution in [3.63, 3.8) is 0 Å². The van der Waals surface area contributed by atoms with Crippen molar-refractivity contribution in [2.24, 2.45) is 0 Å². The molecule has 0 spiro atoms. The van der Waals surface area contributed by atoms with Gasteiger partial charge in [-0.15, -0.1) is 0 Å². The number of sulfone groups is 1. The van der Waals surface area contributed by atoms with Crippen LogP contribution in [0.1, 0.15) is 40.3 Å². The summed E-state index contributed by atoms with van der Waals surface area (Å²) in [5.74, 6) is -0.984. The number of halogens is 1. The highest BCUT2D eigenvalue weighted by molar-refractivity contribution is 7.91. The Hall–Kier alpha value is -3.90. The molecule has 174 valence electrons. The number of esters is 1. The molecule has 0 saturated carbocycles. The highest BCUT2D eigenvalue weighted by atomic mass is 32.2.